The highest BCUT2D eigenvalue weighted by atomic mass is 14.6. The molecule has 14 heavy (non-hydrogen) atoms. The van der Waals surface area contributed by atoms with Crippen molar-refractivity contribution in [3.63, 3.8) is 0 Å². The Morgan fingerprint density at radius 3 is 2.00 bits per heavy atom. The quantitative estimate of drug-likeness (QED) is 0.764. The van der Waals surface area contributed by atoms with Crippen molar-refractivity contribution < 1.29 is 0 Å². The van der Waals surface area contributed by atoms with E-state index in [1.54, 1.807) is 0 Å². The van der Waals surface area contributed by atoms with Gasteiger partial charge < -0.3 is 5.73 Å². The Hall–Kier alpha value is -0.820. The van der Waals surface area contributed by atoms with Crippen molar-refractivity contribution >= 4 is 0 Å². The maximum Gasteiger partial charge on any atom is 0.00509 e. The summed E-state index contributed by atoms with van der Waals surface area (Å²) in [5, 5.41) is 0. The maximum absolute atomic E-state index is 5.75. The molecule has 2 N–H and O–H groups in total. The van der Waals surface area contributed by atoms with Crippen molar-refractivity contribution in [2.75, 3.05) is 0 Å². The number of nitrogens with two attached hydrogens (primary N) is 1. The Morgan fingerprint density at radius 1 is 1.14 bits per heavy atom. The molecule has 1 rings (SSSR count). The standard InChI is InChI=1S/C13H21N/c1-10(14)9-11-5-7-12(8-6-11)13(2,3)4/h5-8,10H,9,14H2,1-4H3/t10-/m0/s1. The van der Waals surface area contributed by atoms with Crippen LogP contribution in [-0.4, -0.2) is 6.04 Å². The van der Waals surface area contributed by atoms with Gasteiger partial charge in [-0.05, 0) is 29.9 Å². The summed E-state index contributed by atoms with van der Waals surface area (Å²) >= 11 is 0. The van der Waals surface area contributed by atoms with Gasteiger partial charge in [-0.3, -0.25) is 0 Å². The van der Waals surface area contributed by atoms with Crippen molar-refractivity contribution in [3.05, 3.63) is 35.4 Å². The molecular formula is C13H21N. The van der Waals surface area contributed by atoms with E-state index in [2.05, 4.69) is 45.0 Å². The molecule has 0 radical (unpaired) electrons. The number of benzene rings is 1. The van der Waals surface area contributed by atoms with Crippen molar-refractivity contribution in [3.8, 4) is 0 Å². The molecule has 0 aliphatic rings. The van der Waals surface area contributed by atoms with Gasteiger partial charge in [0.25, 0.3) is 0 Å². The highest BCUT2D eigenvalue weighted by molar-refractivity contribution is 5.27. The molecule has 1 heteroatoms. The molecular weight excluding hydrogens is 170 g/mol. The van der Waals surface area contributed by atoms with Crippen molar-refractivity contribution in [1.82, 2.24) is 0 Å². The molecule has 0 amide bonds. The lowest BCUT2D eigenvalue weighted by molar-refractivity contribution is 0.589. The van der Waals surface area contributed by atoms with E-state index in [0.29, 0.717) is 0 Å². The van der Waals surface area contributed by atoms with E-state index >= 15 is 0 Å². The van der Waals surface area contributed by atoms with E-state index in [0.717, 1.165) is 6.42 Å². The first-order chi connectivity index (χ1) is 6.39. The fraction of sp³-hybridized carbons (Fsp3) is 0.538. The molecule has 1 atom stereocenters. The minimum absolute atomic E-state index is 0.243. The molecule has 0 saturated carbocycles. The van der Waals surface area contributed by atoms with Crippen LogP contribution < -0.4 is 5.73 Å². The van der Waals surface area contributed by atoms with Gasteiger partial charge in [-0.1, -0.05) is 45.0 Å². The predicted molar refractivity (Wildman–Crippen MR) is 62.5 cm³/mol. The normalized spacial score (nSPS) is 14.1. The summed E-state index contributed by atoms with van der Waals surface area (Å²) in [6, 6.07) is 9.03. The minimum atomic E-state index is 0.243. The lowest BCUT2D eigenvalue weighted by Gasteiger charge is -2.19. The summed E-state index contributed by atoms with van der Waals surface area (Å²) in [4.78, 5) is 0. The van der Waals surface area contributed by atoms with E-state index < -0.39 is 0 Å². The summed E-state index contributed by atoms with van der Waals surface area (Å²) in [5.74, 6) is 0. The third kappa shape index (κ3) is 3.15. The van der Waals surface area contributed by atoms with Gasteiger partial charge in [0.15, 0.2) is 0 Å². The van der Waals surface area contributed by atoms with Gasteiger partial charge in [-0.25, -0.2) is 0 Å². The smallest absolute Gasteiger partial charge is 0.00509 e. The lowest BCUT2D eigenvalue weighted by Crippen LogP contribution is -2.18. The van der Waals surface area contributed by atoms with Crippen LogP contribution in [0, 0.1) is 0 Å². The fourth-order valence-corrected chi connectivity index (χ4v) is 1.51. The third-order valence-corrected chi connectivity index (χ3v) is 2.38. The molecule has 0 unspecified atom stereocenters. The topological polar surface area (TPSA) is 26.0 Å². The van der Waals surface area contributed by atoms with Crippen LogP contribution in [0.5, 0.6) is 0 Å². The van der Waals surface area contributed by atoms with Gasteiger partial charge in [0, 0.05) is 6.04 Å². The predicted octanol–water partition coefficient (Wildman–Crippen LogP) is 2.87. The van der Waals surface area contributed by atoms with E-state index in [1.165, 1.54) is 11.1 Å². The highest BCUT2D eigenvalue weighted by Gasteiger charge is 2.12. The van der Waals surface area contributed by atoms with Crippen molar-refractivity contribution in [2.45, 2.75) is 45.6 Å². The largest absolute Gasteiger partial charge is 0.328 e. The number of hydrogen-bond donors (Lipinski definition) is 1. The van der Waals surface area contributed by atoms with E-state index in [-0.39, 0.29) is 11.5 Å². The Balaban J connectivity index is 2.79. The van der Waals surface area contributed by atoms with Gasteiger partial charge in [0.2, 0.25) is 0 Å². The molecule has 0 aliphatic carbocycles. The summed E-state index contributed by atoms with van der Waals surface area (Å²) in [5.41, 5.74) is 8.70. The molecule has 1 aromatic carbocycles. The van der Waals surface area contributed by atoms with Gasteiger partial charge in [-0.2, -0.15) is 0 Å². The van der Waals surface area contributed by atoms with E-state index in [9.17, 15) is 0 Å². The van der Waals surface area contributed by atoms with E-state index in [4.69, 9.17) is 5.73 Å². The van der Waals surface area contributed by atoms with Gasteiger partial charge >= 0.3 is 0 Å². The molecule has 0 fully saturated rings. The van der Waals surface area contributed by atoms with E-state index in [1.807, 2.05) is 6.92 Å². The second kappa shape index (κ2) is 4.14. The van der Waals surface area contributed by atoms with Crippen LogP contribution in [-0.2, 0) is 11.8 Å². The zero-order valence-electron chi connectivity index (χ0n) is 9.67. The summed E-state index contributed by atoms with van der Waals surface area (Å²) in [6.45, 7) is 8.73. The molecule has 1 nitrogen and oxygen atoms in total. The third-order valence-electron chi connectivity index (χ3n) is 2.38. The van der Waals surface area contributed by atoms with Crippen molar-refractivity contribution in [1.29, 1.82) is 0 Å². The first-order valence-electron chi connectivity index (χ1n) is 5.24. The van der Waals surface area contributed by atoms with Crippen LogP contribution in [0.4, 0.5) is 0 Å². The van der Waals surface area contributed by atoms with Crippen LogP contribution in [0.2, 0.25) is 0 Å². The Kier molecular flexibility index (Phi) is 3.33. The van der Waals surface area contributed by atoms with Crippen LogP contribution in [0.15, 0.2) is 24.3 Å². The Morgan fingerprint density at radius 2 is 1.64 bits per heavy atom. The minimum Gasteiger partial charge on any atom is -0.328 e. The lowest BCUT2D eigenvalue weighted by atomic mass is 9.86. The Bertz CT molecular complexity index is 277. The molecule has 1 aromatic rings. The maximum atomic E-state index is 5.75. The molecule has 0 saturated heterocycles. The average Bonchev–Trinajstić information content (AvgIpc) is 2.02. The Labute approximate surface area is 87.3 Å². The zero-order chi connectivity index (χ0) is 10.8. The van der Waals surface area contributed by atoms with Crippen LogP contribution in [0.3, 0.4) is 0 Å². The SMILES string of the molecule is C[C@H](N)Cc1ccc(C(C)(C)C)cc1. The molecule has 0 aromatic heterocycles. The molecule has 0 heterocycles. The average molecular weight is 191 g/mol. The zero-order valence-corrected chi connectivity index (χ0v) is 9.67. The summed E-state index contributed by atoms with van der Waals surface area (Å²) in [6.07, 6.45) is 0.963. The van der Waals surface area contributed by atoms with Crippen LogP contribution in [0.25, 0.3) is 0 Å². The second-order valence-electron chi connectivity index (χ2n) is 5.13. The van der Waals surface area contributed by atoms with Crippen molar-refractivity contribution in [2.24, 2.45) is 5.73 Å². The molecule has 0 bridgehead atoms. The molecule has 0 aliphatic heterocycles. The van der Waals surface area contributed by atoms with Gasteiger partial charge in [-0.15, -0.1) is 0 Å². The van der Waals surface area contributed by atoms with Crippen LogP contribution >= 0.6 is 0 Å². The summed E-state index contributed by atoms with van der Waals surface area (Å²) < 4.78 is 0. The second-order valence-corrected chi connectivity index (χ2v) is 5.13. The van der Waals surface area contributed by atoms with Crippen LogP contribution in [0.1, 0.15) is 38.8 Å². The molecule has 78 valence electrons. The first kappa shape index (κ1) is 11.3. The fourth-order valence-electron chi connectivity index (χ4n) is 1.51. The monoisotopic (exact) mass is 191 g/mol. The van der Waals surface area contributed by atoms with Gasteiger partial charge in [0.1, 0.15) is 0 Å². The summed E-state index contributed by atoms with van der Waals surface area (Å²) in [7, 11) is 0. The van der Waals surface area contributed by atoms with Gasteiger partial charge in [0.05, 0.1) is 0 Å². The number of hydrogen-bond acceptors (Lipinski definition) is 1. The number of rotatable bonds is 2. The highest BCUT2D eigenvalue weighted by Crippen LogP contribution is 2.22. The molecule has 0 spiro atoms. The first-order valence-corrected chi connectivity index (χ1v) is 5.24.